The maximum absolute atomic E-state index is 5.70. The third-order valence-corrected chi connectivity index (χ3v) is 4.24. The number of benzene rings is 1. The zero-order chi connectivity index (χ0) is 15.1. The van der Waals surface area contributed by atoms with Gasteiger partial charge in [0.15, 0.2) is 11.5 Å². The summed E-state index contributed by atoms with van der Waals surface area (Å²) in [6, 6.07) is 4.01. The lowest BCUT2D eigenvalue weighted by Crippen LogP contribution is -2.25. The zero-order valence-corrected chi connectivity index (χ0v) is 14.4. The van der Waals surface area contributed by atoms with Crippen LogP contribution in [0.15, 0.2) is 16.6 Å². The molecular weight excluding hydrogens is 334 g/mol. The van der Waals surface area contributed by atoms with E-state index in [2.05, 4.69) is 28.2 Å². The molecule has 1 saturated heterocycles. The van der Waals surface area contributed by atoms with Crippen molar-refractivity contribution in [3.63, 3.8) is 0 Å². The Kier molecular flexibility index (Phi) is 6.80. The van der Waals surface area contributed by atoms with E-state index in [1.165, 1.54) is 6.42 Å². The summed E-state index contributed by atoms with van der Waals surface area (Å²) in [5.74, 6) is 1.56. The molecule has 4 nitrogen and oxygen atoms in total. The first-order valence-corrected chi connectivity index (χ1v) is 8.35. The first-order valence-electron chi connectivity index (χ1n) is 7.56. The first kappa shape index (κ1) is 16.6. The molecule has 1 aromatic carbocycles. The second-order valence-electron chi connectivity index (χ2n) is 5.21. The van der Waals surface area contributed by atoms with Crippen LogP contribution in [0.5, 0.6) is 11.5 Å². The molecule has 0 amide bonds. The average molecular weight is 358 g/mol. The molecule has 0 radical (unpaired) electrons. The Balaban J connectivity index is 1.94. The van der Waals surface area contributed by atoms with Gasteiger partial charge in [-0.2, -0.15) is 0 Å². The predicted molar refractivity (Wildman–Crippen MR) is 87.2 cm³/mol. The van der Waals surface area contributed by atoms with Crippen molar-refractivity contribution in [2.24, 2.45) is 0 Å². The van der Waals surface area contributed by atoms with E-state index in [0.717, 1.165) is 54.1 Å². The van der Waals surface area contributed by atoms with Crippen molar-refractivity contribution in [1.82, 2.24) is 5.32 Å². The van der Waals surface area contributed by atoms with Gasteiger partial charge in [-0.25, -0.2) is 0 Å². The van der Waals surface area contributed by atoms with Crippen LogP contribution in [0, 0.1) is 0 Å². The largest absolute Gasteiger partial charge is 0.493 e. The molecule has 1 atom stereocenters. The minimum atomic E-state index is 0.359. The Morgan fingerprint density at radius 3 is 2.90 bits per heavy atom. The summed E-state index contributed by atoms with van der Waals surface area (Å²) in [5, 5.41) is 3.45. The van der Waals surface area contributed by atoms with Crippen LogP contribution < -0.4 is 14.8 Å². The van der Waals surface area contributed by atoms with Crippen LogP contribution in [0.1, 0.15) is 31.7 Å². The number of halogens is 1. The molecule has 1 aliphatic rings. The number of methoxy groups -OCH3 is 1. The highest BCUT2D eigenvalue weighted by atomic mass is 79.9. The summed E-state index contributed by atoms with van der Waals surface area (Å²) >= 11 is 3.61. The fourth-order valence-corrected chi connectivity index (χ4v) is 2.83. The molecule has 1 unspecified atom stereocenters. The van der Waals surface area contributed by atoms with Crippen LogP contribution >= 0.6 is 15.9 Å². The minimum Gasteiger partial charge on any atom is -0.493 e. The lowest BCUT2D eigenvalue weighted by atomic mass is 10.2. The fourth-order valence-electron chi connectivity index (χ4n) is 2.37. The highest BCUT2D eigenvalue weighted by Gasteiger charge is 2.15. The quantitative estimate of drug-likeness (QED) is 0.772. The van der Waals surface area contributed by atoms with Gasteiger partial charge in [-0.15, -0.1) is 0 Å². The molecule has 0 bridgehead atoms. The molecule has 1 fully saturated rings. The number of hydrogen-bond acceptors (Lipinski definition) is 4. The van der Waals surface area contributed by atoms with Crippen LogP contribution in [0.25, 0.3) is 0 Å². The molecule has 1 heterocycles. The topological polar surface area (TPSA) is 39.7 Å². The molecule has 118 valence electrons. The summed E-state index contributed by atoms with van der Waals surface area (Å²) in [6.45, 7) is 5.35. The van der Waals surface area contributed by atoms with Gasteiger partial charge in [0.1, 0.15) is 0 Å². The molecule has 21 heavy (non-hydrogen) atoms. The van der Waals surface area contributed by atoms with E-state index >= 15 is 0 Å². The summed E-state index contributed by atoms with van der Waals surface area (Å²) in [7, 11) is 1.67. The Morgan fingerprint density at radius 2 is 2.24 bits per heavy atom. The van der Waals surface area contributed by atoms with Gasteiger partial charge in [0.25, 0.3) is 0 Å². The van der Waals surface area contributed by atoms with Gasteiger partial charge >= 0.3 is 0 Å². The Labute approximate surface area is 135 Å². The van der Waals surface area contributed by atoms with E-state index in [0.29, 0.717) is 12.7 Å². The predicted octanol–water partition coefficient (Wildman–Crippen LogP) is 3.52. The highest BCUT2D eigenvalue weighted by molar-refractivity contribution is 9.10. The monoisotopic (exact) mass is 357 g/mol. The minimum absolute atomic E-state index is 0.359. The van der Waals surface area contributed by atoms with Gasteiger partial charge < -0.3 is 19.5 Å². The van der Waals surface area contributed by atoms with Gasteiger partial charge in [0.05, 0.1) is 19.8 Å². The van der Waals surface area contributed by atoms with Crippen molar-refractivity contribution < 1.29 is 14.2 Å². The van der Waals surface area contributed by atoms with E-state index in [4.69, 9.17) is 14.2 Å². The molecule has 2 rings (SSSR count). The van der Waals surface area contributed by atoms with Gasteiger partial charge in [-0.05, 0) is 37.0 Å². The van der Waals surface area contributed by atoms with E-state index in [9.17, 15) is 0 Å². The van der Waals surface area contributed by atoms with E-state index < -0.39 is 0 Å². The maximum atomic E-state index is 5.70. The summed E-state index contributed by atoms with van der Waals surface area (Å²) in [6.07, 6.45) is 3.66. The molecule has 0 aromatic heterocycles. The molecule has 0 aliphatic carbocycles. The average Bonchev–Trinajstić information content (AvgIpc) is 3.00. The highest BCUT2D eigenvalue weighted by Crippen LogP contribution is 2.33. The Bertz CT molecular complexity index is 447. The third kappa shape index (κ3) is 4.87. The van der Waals surface area contributed by atoms with Crippen LogP contribution in [-0.4, -0.2) is 33.0 Å². The van der Waals surface area contributed by atoms with Crippen molar-refractivity contribution in [3.8, 4) is 11.5 Å². The standard InChI is InChI=1S/C16H24BrNO3/c1-3-6-21-16-9-14(17)12(8-15(16)19-2)10-18-11-13-5-4-7-20-13/h8-9,13,18H,3-7,10-11H2,1-2H3. The molecule has 0 saturated carbocycles. The number of rotatable bonds is 8. The SMILES string of the molecule is CCCOc1cc(Br)c(CNCC2CCCO2)cc1OC. The molecule has 1 aliphatic heterocycles. The van der Waals surface area contributed by atoms with Gasteiger partial charge in [0.2, 0.25) is 0 Å². The Morgan fingerprint density at radius 1 is 1.38 bits per heavy atom. The number of hydrogen-bond donors (Lipinski definition) is 1. The second kappa shape index (κ2) is 8.61. The van der Waals surface area contributed by atoms with Crippen LogP contribution in [0.4, 0.5) is 0 Å². The lowest BCUT2D eigenvalue weighted by Gasteiger charge is -2.15. The molecule has 5 heteroatoms. The van der Waals surface area contributed by atoms with Crippen molar-refractivity contribution >= 4 is 15.9 Å². The van der Waals surface area contributed by atoms with Crippen molar-refractivity contribution in [1.29, 1.82) is 0 Å². The van der Waals surface area contributed by atoms with Gasteiger partial charge in [0, 0.05) is 24.2 Å². The molecule has 1 N–H and O–H groups in total. The first-order chi connectivity index (χ1) is 10.2. The molecule has 0 spiro atoms. The van der Waals surface area contributed by atoms with Crippen molar-refractivity contribution in [2.45, 2.75) is 38.8 Å². The van der Waals surface area contributed by atoms with Crippen molar-refractivity contribution in [3.05, 3.63) is 22.2 Å². The summed E-state index contributed by atoms with van der Waals surface area (Å²) in [4.78, 5) is 0. The van der Waals surface area contributed by atoms with Gasteiger partial charge in [-0.3, -0.25) is 0 Å². The van der Waals surface area contributed by atoms with Gasteiger partial charge in [-0.1, -0.05) is 22.9 Å². The number of nitrogens with one attached hydrogen (secondary N) is 1. The summed E-state index contributed by atoms with van der Waals surface area (Å²) < 4.78 is 17.8. The van der Waals surface area contributed by atoms with Crippen LogP contribution in [-0.2, 0) is 11.3 Å². The molecular formula is C16H24BrNO3. The summed E-state index contributed by atoms with van der Waals surface area (Å²) in [5.41, 5.74) is 1.16. The third-order valence-electron chi connectivity index (χ3n) is 3.51. The van der Waals surface area contributed by atoms with E-state index in [1.807, 2.05) is 12.1 Å². The second-order valence-corrected chi connectivity index (χ2v) is 6.06. The maximum Gasteiger partial charge on any atom is 0.162 e. The van der Waals surface area contributed by atoms with E-state index in [-0.39, 0.29) is 0 Å². The van der Waals surface area contributed by atoms with Crippen LogP contribution in [0.3, 0.4) is 0 Å². The Hall–Kier alpha value is -0.780. The zero-order valence-electron chi connectivity index (χ0n) is 12.8. The smallest absolute Gasteiger partial charge is 0.162 e. The van der Waals surface area contributed by atoms with Crippen LogP contribution in [0.2, 0.25) is 0 Å². The van der Waals surface area contributed by atoms with E-state index in [1.54, 1.807) is 7.11 Å². The number of ether oxygens (including phenoxy) is 3. The van der Waals surface area contributed by atoms with Crippen molar-refractivity contribution in [2.75, 3.05) is 26.9 Å². The fraction of sp³-hybridized carbons (Fsp3) is 0.625. The lowest BCUT2D eigenvalue weighted by molar-refractivity contribution is 0.110. The molecule has 1 aromatic rings. The normalized spacial score (nSPS) is 18.0.